The number of methoxy groups -OCH3 is 1. The number of rotatable bonds is 4. The SMILES string of the molecule is COC(=O)[C@H]1C[C@@H](O)CCN1Cc1ccc(-n2cncn2)cc1. The first-order valence-corrected chi connectivity index (χ1v) is 7.61. The number of carbonyl (C=O) groups excluding carboxylic acids is 1. The van der Waals surface area contributed by atoms with Crippen molar-refractivity contribution in [1.29, 1.82) is 0 Å². The fourth-order valence-electron chi connectivity index (χ4n) is 2.90. The van der Waals surface area contributed by atoms with Crippen LogP contribution >= 0.6 is 0 Å². The zero-order chi connectivity index (χ0) is 16.2. The summed E-state index contributed by atoms with van der Waals surface area (Å²) in [5.74, 6) is -0.289. The van der Waals surface area contributed by atoms with Crippen molar-refractivity contribution in [2.45, 2.75) is 31.5 Å². The Kier molecular flexibility index (Phi) is 4.68. The zero-order valence-electron chi connectivity index (χ0n) is 13.0. The minimum atomic E-state index is -0.440. The molecule has 1 N–H and O–H groups in total. The van der Waals surface area contributed by atoms with Gasteiger partial charge in [-0.25, -0.2) is 9.67 Å². The second-order valence-corrected chi connectivity index (χ2v) is 5.69. The van der Waals surface area contributed by atoms with Gasteiger partial charge in [0.15, 0.2) is 0 Å². The van der Waals surface area contributed by atoms with Gasteiger partial charge in [-0.3, -0.25) is 9.69 Å². The Labute approximate surface area is 134 Å². The van der Waals surface area contributed by atoms with Gasteiger partial charge >= 0.3 is 5.97 Å². The van der Waals surface area contributed by atoms with Crippen LogP contribution in [0.5, 0.6) is 0 Å². The van der Waals surface area contributed by atoms with Crippen LogP contribution in [0.3, 0.4) is 0 Å². The van der Waals surface area contributed by atoms with E-state index in [2.05, 4.69) is 15.0 Å². The Hall–Kier alpha value is -2.25. The van der Waals surface area contributed by atoms with Gasteiger partial charge in [0, 0.05) is 13.1 Å². The number of benzene rings is 1. The number of likely N-dealkylation sites (tertiary alicyclic amines) is 1. The van der Waals surface area contributed by atoms with Crippen LogP contribution in [0, 0.1) is 0 Å². The first-order chi connectivity index (χ1) is 11.2. The van der Waals surface area contributed by atoms with Crippen molar-refractivity contribution in [3.05, 3.63) is 42.5 Å². The molecule has 3 rings (SSSR count). The molecule has 23 heavy (non-hydrogen) atoms. The number of aliphatic hydroxyl groups is 1. The van der Waals surface area contributed by atoms with E-state index in [-0.39, 0.29) is 5.97 Å². The topological polar surface area (TPSA) is 80.5 Å². The van der Waals surface area contributed by atoms with Gasteiger partial charge in [0.25, 0.3) is 0 Å². The van der Waals surface area contributed by atoms with Crippen LogP contribution in [-0.4, -0.2) is 56.5 Å². The summed E-state index contributed by atoms with van der Waals surface area (Å²) in [5.41, 5.74) is 2.03. The maximum Gasteiger partial charge on any atom is 0.323 e. The number of aliphatic hydroxyl groups excluding tert-OH is 1. The van der Waals surface area contributed by atoms with Gasteiger partial charge in [-0.05, 0) is 30.5 Å². The minimum absolute atomic E-state index is 0.289. The van der Waals surface area contributed by atoms with Gasteiger partial charge in [-0.15, -0.1) is 0 Å². The van der Waals surface area contributed by atoms with Crippen molar-refractivity contribution >= 4 is 5.97 Å². The molecule has 2 atom stereocenters. The summed E-state index contributed by atoms with van der Waals surface area (Å²) in [6, 6.07) is 7.57. The molecule has 0 radical (unpaired) electrons. The van der Waals surface area contributed by atoms with Gasteiger partial charge in [0.05, 0.1) is 18.9 Å². The van der Waals surface area contributed by atoms with E-state index >= 15 is 0 Å². The highest BCUT2D eigenvalue weighted by molar-refractivity contribution is 5.75. The lowest BCUT2D eigenvalue weighted by molar-refractivity contribution is -0.150. The molecular weight excluding hydrogens is 296 g/mol. The van der Waals surface area contributed by atoms with Crippen LogP contribution < -0.4 is 0 Å². The maximum atomic E-state index is 11.9. The maximum absolute atomic E-state index is 11.9. The third-order valence-corrected chi connectivity index (χ3v) is 4.16. The summed E-state index contributed by atoms with van der Waals surface area (Å²) in [6.07, 6.45) is 3.79. The number of piperidine rings is 1. The predicted molar refractivity (Wildman–Crippen MR) is 82.8 cm³/mol. The van der Waals surface area contributed by atoms with Gasteiger partial charge in [0.2, 0.25) is 0 Å². The van der Waals surface area contributed by atoms with E-state index in [1.165, 1.54) is 13.4 Å². The lowest BCUT2D eigenvalue weighted by Crippen LogP contribution is -2.48. The highest BCUT2D eigenvalue weighted by atomic mass is 16.5. The van der Waals surface area contributed by atoms with Crippen LogP contribution in [-0.2, 0) is 16.1 Å². The molecule has 1 fully saturated rings. The van der Waals surface area contributed by atoms with E-state index in [4.69, 9.17) is 4.74 Å². The molecular formula is C16H20N4O3. The third-order valence-electron chi connectivity index (χ3n) is 4.16. The van der Waals surface area contributed by atoms with Crippen molar-refractivity contribution < 1.29 is 14.6 Å². The summed E-state index contributed by atoms with van der Waals surface area (Å²) in [4.78, 5) is 17.9. The molecule has 0 aliphatic carbocycles. The normalized spacial score (nSPS) is 22.0. The van der Waals surface area contributed by atoms with Crippen LogP contribution in [0.15, 0.2) is 36.9 Å². The monoisotopic (exact) mass is 316 g/mol. The third kappa shape index (κ3) is 3.57. The molecule has 1 aliphatic heterocycles. The molecule has 122 valence electrons. The Bertz CT molecular complexity index is 642. The van der Waals surface area contributed by atoms with E-state index in [0.29, 0.717) is 25.9 Å². The number of aromatic nitrogens is 3. The van der Waals surface area contributed by atoms with Crippen molar-refractivity contribution in [3.63, 3.8) is 0 Å². The molecule has 0 amide bonds. The fourth-order valence-corrected chi connectivity index (χ4v) is 2.90. The lowest BCUT2D eigenvalue weighted by atomic mass is 9.98. The van der Waals surface area contributed by atoms with Gasteiger partial charge in [-0.2, -0.15) is 5.10 Å². The average Bonchev–Trinajstić information content (AvgIpc) is 3.11. The summed E-state index contributed by atoms with van der Waals surface area (Å²) in [7, 11) is 1.38. The molecule has 2 heterocycles. The Morgan fingerprint density at radius 2 is 2.17 bits per heavy atom. The van der Waals surface area contributed by atoms with E-state index in [1.807, 2.05) is 24.3 Å². The fraction of sp³-hybridized carbons (Fsp3) is 0.438. The molecule has 1 aromatic heterocycles. The molecule has 0 spiro atoms. The van der Waals surface area contributed by atoms with Gasteiger partial charge in [-0.1, -0.05) is 12.1 Å². The summed E-state index contributed by atoms with van der Waals surface area (Å²) < 4.78 is 6.56. The quantitative estimate of drug-likeness (QED) is 0.839. The number of hydrogen-bond donors (Lipinski definition) is 1. The largest absolute Gasteiger partial charge is 0.468 e. The molecule has 7 heteroatoms. The van der Waals surface area contributed by atoms with E-state index in [1.54, 1.807) is 11.0 Å². The first-order valence-electron chi connectivity index (χ1n) is 7.61. The number of nitrogens with zero attached hydrogens (tertiary/aromatic N) is 4. The molecule has 1 aromatic carbocycles. The Balaban J connectivity index is 1.71. The van der Waals surface area contributed by atoms with Crippen LogP contribution in [0.1, 0.15) is 18.4 Å². The second-order valence-electron chi connectivity index (χ2n) is 5.69. The van der Waals surface area contributed by atoms with Crippen molar-refractivity contribution in [2.75, 3.05) is 13.7 Å². The molecule has 0 unspecified atom stereocenters. The first kappa shape index (κ1) is 15.6. The highest BCUT2D eigenvalue weighted by Gasteiger charge is 2.33. The number of carbonyl (C=O) groups is 1. The zero-order valence-corrected chi connectivity index (χ0v) is 13.0. The van der Waals surface area contributed by atoms with Crippen LogP contribution in [0.4, 0.5) is 0 Å². The van der Waals surface area contributed by atoms with E-state index < -0.39 is 12.1 Å². The molecule has 0 saturated carbocycles. The van der Waals surface area contributed by atoms with E-state index in [9.17, 15) is 9.90 Å². The molecule has 0 bridgehead atoms. The highest BCUT2D eigenvalue weighted by Crippen LogP contribution is 2.21. The van der Waals surface area contributed by atoms with E-state index in [0.717, 1.165) is 11.3 Å². The molecule has 1 saturated heterocycles. The number of ether oxygens (including phenoxy) is 1. The smallest absolute Gasteiger partial charge is 0.323 e. The van der Waals surface area contributed by atoms with Gasteiger partial charge in [0.1, 0.15) is 18.7 Å². The van der Waals surface area contributed by atoms with Crippen molar-refractivity contribution in [3.8, 4) is 5.69 Å². The molecule has 7 nitrogen and oxygen atoms in total. The van der Waals surface area contributed by atoms with Gasteiger partial charge < -0.3 is 9.84 Å². The van der Waals surface area contributed by atoms with Crippen molar-refractivity contribution in [1.82, 2.24) is 19.7 Å². The van der Waals surface area contributed by atoms with Crippen molar-refractivity contribution in [2.24, 2.45) is 0 Å². The predicted octanol–water partition coefficient (Wildman–Crippen LogP) is 0.766. The average molecular weight is 316 g/mol. The van der Waals surface area contributed by atoms with Crippen LogP contribution in [0.2, 0.25) is 0 Å². The number of hydrogen-bond acceptors (Lipinski definition) is 6. The molecule has 1 aliphatic rings. The summed E-state index contributed by atoms with van der Waals surface area (Å²) in [6.45, 7) is 1.32. The molecule has 2 aromatic rings. The lowest BCUT2D eigenvalue weighted by Gasteiger charge is -2.36. The number of esters is 1. The summed E-state index contributed by atoms with van der Waals surface area (Å²) in [5, 5.41) is 13.9. The standard InChI is InChI=1S/C16H20N4O3/c1-23-16(22)15-8-14(21)6-7-19(15)9-12-2-4-13(5-3-12)20-11-17-10-18-20/h2-5,10-11,14-15,21H,6-9H2,1H3/t14-,15+/m0/s1. The Morgan fingerprint density at radius 1 is 1.39 bits per heavy atom. The minimum Gasteiger partial charge on any atom is -0.468 e. The summed E-state index contributed by atoms with van der Waals surface area (Å²) >= 11 is 0. The van der Waals surface area contributed by atoms with Crippen LogP contribution in [0.25, 0.3) is 5.69 Å². The Morgan fingerprint density at radius 3 is 2.83 bits per heavy atom. The second kappa shape index (κ2) is 6.89.